The van der Waals surface area contributed by atoms with Crippen LogP contribution in [0.25, 0.3) is 0 Å². The SMILES string of the molecule is Cl.N[C@@H](Cc1ccccc1)C(=O)NCC1CCCC1. The van der Waals surface area contributed by atoms with E-state index in [4.69, 9.17) is 5.73 Å². The molecule has 1 aliphatic carbocycles. The molecule has 1 aromatic rings. The van der Waals surface area contributed by atoms with Gasteiger partial charge in [-0.3, -0.25) is 4.79 Å². The third-order valence-corrected chi connectivity index (χ3v) is 3.67. The number of hydrogen-bond donors (Lipinski definition) is 2. The Hall–Kier alpha value is -1.06. The van der Waals surface area contributed by atoms with Crippen LogP contribution in [-0.2, 0) is 11.2 Å². The van der Waals surface area contributed by atoms with Crippen molar-refractivity contribution < 1.29 is 4.79 Å². The summed E-state index contributed by atoms with van der Waals surface area (Å²) < 4.78 is 0. The van der Waals surface area contributed by atoms with Gasteiger partial charge in [-0.2, -0.15) is 0 Å². The summed E-state index contributed by atoms with van der Waals surface area (Å²) in [6.07, 6.45) is 5.70. The lowest BCUT2D eigenvalue weighted by Crippen LogP contribution is -2.43. The van der Waals surface area contributed by atoms with Crippen LogP contribution < -0.4 is 11.1 Å². The first-order chi connectivity index (χ1) is 8.75. The number of rotatable bonds is 5. The van der Waals surface area contributed by atoms with Crippen molar-refractivity contribution in [3.8, 4) is 0 Å². The number of carbonyl (C=O) groups excluding carboxylic acids is 1. The van der Waals surface area contributed by atoms with Gasteiger partial charge in [0, 0.05) is 6.54 Å². The summed E-state index contributed by atoms with van der Waals surface area (Å²) in [4.78, 5) is 11.9. The number of hydrogen-bond acceptors (Lipinski definition) is 2. The number of amides is 1. The molecular weight excluding hydrogens is 260 g/mol. The molecule has 0 heterocycles. The highest BCUT2D eigenvalue weighted by Gasteiger charge is 2.18. The highest BCUT2D eigenvalue weighted by molar-refractivity contribution is 5.85. The lowest BCUT2D eigenvalue weighted by atomic mass is 10.1. The van der Waals surface area contributed by atoms with E-state index in [0.717, 1.165) is 12.1 Å². The molecule has 1 aliphatic rings. The van der Waals surface area contributed by atoms with Gasteiger partial charge in [0.1, 0.15) is 0 Å². The predicted molar refractivity (Wildman–Crippen MR) is 80.3 cm³/mol. The van der Waals surface area contributed by atoms with E-state index in [2.05, 4.69) is 5.32 Å². The zero-order valence-corrected chi connectivity index (χ0v) is 12.0. The second-order valence-corrected chi connectivity index (χ2v) is 5.19. The molecule has 2 rings (SSSR count). The van der Waals surface area contributed by atoms with Gasteiger partial charge < -0.3 is 11.1 Å². The Bertz CT molecular complexity index is 377. The summed E-state index contributed by atoms with van der Waals surface area (Å²) in [6, 6.07) is 9.48. The molecule has 0 aliphatic heterocycles. The second kappa shape index (κ2) is 8.18. The van der Waals surface area contributed by atoms with Crippen molar-refractivity contribution in [2.75, 3.05) is 6.54 Å². The Labute approximate surface area is 121 Å². The summed E-state index contributed by atoms with van der Waals surface area (Å²) in [5, 5.41) is 2.98. The summed E-state index contributed by atoms with van der Waals surface area (Å²) in [6.45, 7) is 0.793. The van der Waals surface area contributed by atoms with Gasteiger partial charge in [-0.25, -0.2) is 0 Å². The molecule has 3 N–H and O–H groups in total. The third-order valence-electron chi connectivity index (χ3n) is 3.67. The molecule has 1 aromatic carbocycles. The van der Waals surface area contributed by atoms with Crippen LogP contribution >= 0.6 is 12.4 Å². The van der Waals surface area contributed by atoms with E-state index in [1.54, 1.807) is 0 Å². The van der Waals surface area contributed by atoms with Gasteiger partial charge in [-0.05, 0) is 30.7 Å². The van der Waals surface area contributed by atoms with E-state index in [0.29, 0.717) is 12.3 Å². The molecule has 0 saturated heterocycles. The van der Waals surface area contributed by atoms with Crippen LogP contribution in [0.15, 0.2) is 30.3 Å². The van der Waals surface area contributed by atoms with E-state index >= 15 is 0 Å². The van der Waals surface area contributed by atoms with Crippen LogP contribution in [-0.4, -0.2) is 18.5 Å². The van der Waals surface area contributed by atoms with Crippen LogP contribution in [0.3, 0.4) is 0 Å². The minimum atomic E-state index is -0.436. The average molecular weight is 283 g/mol. The van der Waals surface area contributed by atoms with Crippen molar-refractivity contribution in [2.45, 2.75) is 38.1 Å². The fourth-order valence-corrected chi connectivity index (χ4v) is 2.55. The molecule has 0 aromatic heterocycles. The lowest BCUT2D eigenvalue weighted by molar-refractivity contribution is -0.122. The summed E-state index contributed by atoms with van der Waals surface area (Å²) in [7, 11) is 0. The largest absolute Gasteiger partial charge is 0.354 e. The monoisotopic (exact) mass is 282 g/mol. The molecule has 1 atom stereocenters. The first kappa shape index (κ1) is 16.0. The molecule has 4 heteroatoms. The van der Waals surface area contributed by atoms with E-state index in [9.17, 15) is 4.79 Å². The van der Waals surface area contributed by atoms with Gasteiger partial charge in [-0.1, -0.05) is 43.2 Å². The zero-order chi connectivity index (χ0) is 12.8. The summed E-state index contributed by atoms with van der Waals surface area (Å²) in [5.74, 6) is 0.642. The minimum absolute atomic E-state index is 0. The standard InChI is InChI=1S/C15H22N2O.ClH/c16-14(10-12-6-2-1-3-7-12)15(18)17-11-13-8-4-5-9-13;/h1-3,6-7,13-14H,4-5,8-11,16H2,(H,17,18);1H/t14-;/m0./s1. The quantitative estimate of drug-likeness (QED) is 0.871. The van der Waals surface area contributed by atoms with Gasteiger partial charge in [0.2, 0.25) is 5.91 Å². The number of benzene rings is 1. The van der Waals surface area contributed by atoms with Crippen molar-refractivity contribution in [3.05, 3.63) is 35.9 Å². The third kappa shape index (κ3) is 5.21. The van der Waals surface area contributed by atoms with Crippen LogP contribution in [0.1, 0.15) is 31.2 Å². The van der Waals surface area contributed by atoms with E-state index in [-0.39, 0.29) is 18.3 Å². The van der Waals surface area contributed by atoms with Gasteiger partial charge >= 0.3 is 0 Å². The molecule has 0 spiro atoms. The van der Waals surface area contributed by atoms with Crippen LogP contribution in [0.2, 0.25) is 0 Å². The van der Waals surface area contributed by atoms with Gasteiger partial charge in [0.15, 0.2) is 0 Å². The maximum Gasteiger partial charge on any atom is 0.237 e. The number of carbonyl (C=O) groups is 1. The number of nitrogens with two attached hydrogens (primary N) is 1. The number of halogens is 1. The Kier molecular flexibility index (Phi) is 6.89. The number of nitrogens with one attached hydrogen (secondary N) is 1. The molecular formula is C15H23ClN2O. The fraction of sp³-hybridized carbons (Fsp3) is 0.533. The van der Waals surface area contributed by atoms with Crippen LogP contribution in [0.5, 0.6) is 0 Å². The highest BCUT2D eigenvalue weighted by Crippen LogP contribution is 2.23. The molecule has 3 nitrogen and oxygen atoms in total. The Morgan fingerprint density at radius 3 is 2.53 bits per heavy atom. The fourth-order valence-electron chi connectivity index (χ4n) is 2.55. The van der Waals surface area contributed by atoms with E-state index < -0.39 is 6.04 Å². The normalized spacial score (nSPS) is 16.7. The first-order valence-corrected chi connectivity index (χ1v) is 6.83. The smallest absolute Gasteiger partial charge is 0.237 e. The molecule has 106 valence electrons. The van der Waals surface area contributed by atoms with Gasteiger partial charge in [0.05, 0.1) is 6.04 Å². The van der Waals surface area contributed by atoms with Crippen LogP contribution in [0, 0.1) is 5.92 Å². The maximum absolute atomic E-state index is 11.9. The molecule has 0 unspecified atom stereocenters. The van der Waals surface area contributed by atoms with Gasteiger partial charge in [0.25, 0.3) is 0 Å². The molecule has 0 radical (unpaired) electrons. The molecule has 19 heavy (non-hydrogen) atoms. The van der Waals surface area contributed by atoms with Gasteiger partial charge in [-0.15, -0.1) is 12.4 Å². The zero-order valence-electron chi connectivity index (χ0n) is 11.2. The topological polar surface area (TPSA) is 55.1 Å². The average Bonchev–Trinajstić information content (AvgIpc) is 2.90. The first-order valence-electron chi connectivity index (χ1n) is 6.83. The highest BCUT2D eigenvalue weighted by atomic mass is 35.5. The predicted octanol–water partition coefficient (Wildman–Crippen LogP) is 2.28. The minimum Gasteiger partial charge on any atom is -0.354 e. The maximum atomic E-state index is 11.9. The van der Waals surface area contributed by atoms with Crippen molar-refractivity contribution in [1.82, 2.24) is 5.32 Å². The molecule has 1 saturated carbocycles. The molecule has 0 bridgehead atoms. The second-order valence-electron chi connectivity index (χ2n) is 5.19. The lowest BCUT2D eigenvalue weighted by Gasteiger charge is -2.15. The van der Waals surface area contributed by atoms with Crippen molar-refractivity contribution in [2.24, 2.45) is 11.7 Å². The van der Waals surface area contributed by atoms with E-state index in [1.807, 2.05) is 30.3 Å². The van der Waals surface area contributed by atoms with Crippen molar-refractivity contribution in [3.63, 3.8) is 0 Å². The Balaban J connectivity index is 0.00000180. The Morgan fingerprint density at radius 1 is 1.26 bits per heavy atom. The van der Waals surface area contributed by atoms with Crippen molar-refractivity contribution in [1.29, 1.82) is 0 Å². The summed E-state index contributed by atoms with van der Waals surface area (Å²) in [5.41, 5.74) is 7.03. The molecule has 1 amide bonds. The van der Waals surface area contributed by atoms with E-state index in [1.165, 1.54) is 25.7 Å². The van der Waals surface area contributed by atoms with Crippen molar-refractivity contribution >= 4 is 18.3 Å². The summed E-state index contributed by atoms with van der Waals surface area (Å²) >= 11 is 0. The Morgan fingerprint density at radius 2 is 1.89 bits per heavy atom. The molecule has 1 fully saturated rings. The van der Waals surface area contributed by atoms with Crippen LogP contribution in [0.4, 0.5) is 0 Å².